The second-order valence-electron chi connectivity index (χ2n) is 4.66. The van der Waals surface area contributed by atoms with Gasteiger partial charge in [0.05, 0.1) is 18.0 Å². The zero-order valence-electron chi connectivity index (χ0n) is 12.0. The number of carbonyl (C=O) groups is 1. The summed E-state index contributed by atoms with van der Waals surface area (Å²) in [4.78, 5) is 12.2. The molecule has 0 aliphatic carbocycles. The monoisotopic (exact) mass is 286 g/mol. The first-order valence-corrected chi connectivity index (χ1v) is 6.64. The summed E-state index contributed by atoms with van der Waals surface area (Å²) in [5, 5.41) is 12.3. The maximum Gasteiger partial charge on any atom is 0.255 e. The van der Waals surface area contributed by atoms with Crippen LogP contribution in [-0.2, 0) is 0 Å². The van der Waals surface area contributed by atoms with E-state index in [4.69, 9.17) is 10.5 Å². The van der Waals surface area contributed by atoms with Crippen LogP contribution >= 0.6 is 0 Å². The van der Waals surface area contributed by atoms with Crippen molar-refractivity contribution in [1.82, 2.24) is 0 Å². The number of amides is 1. The lowest BCUT2D eigenvalue weighted by Gasteiger charge is -2.12. The Hall–Kier alpha value is -2.69. The van der Waals surface area contributed by atoms with Gasteiger partial charge in [0.15, 0.2) is 0 Å². The standard InChI is InChI=1S/C16H18N2O3/c1-3-21-15-8-10(2)4-7-13(15)18-16(20)11-5-6-12(17)14(19)9-11/h4-9,19H,3,17H2,1-2H3,(H,18,20). The SMILES string of the molecule is CCOc1cc(C)ccc1NC(=O)c1ccc(N)c(O)c1. The number of aromatic hydroxyl groups is 1. The number of phenolic OH excluding ortho intramolecular Hbond substituents is 1. The van der Waals surface area contributed by atoms with Crippen molar-refractivity contribution in [3.63, 3.8) is 0 Å². The van der Waals surface area contributed by atoms with Crippen LogP contribution in [0.15, 0.2) is 36.4 Å². The van der Waals surface area contributed by atoms with E-state index in [1.165, 1.54) is 12.1 Å². The molecule has 0 saturated heterocycles. The summed E-state index contributed by atoms with van der Waals surface area (Å²) in [5.74, 6) is 0.164. The topological polar surface area (TPSA) is 84.6 Å². The first kappa shape index (κ1) is 14.7. The van der Waals surface area contributed by atoms with E-state index >= 15 is 0 Å². The molecule has 0 aliphatic rings. The third kappa shape index (κ3) is 3.45. The van der Waals surface area contributed by atoms with Crippen molar-refractivity contribution >= 4 is 17.3 Å². The summed E-state index contributed by atoms with van der Waals surface area (Å²) in [7, 11) is 0. The number of nitrogens with two attached hydrogens (primary N) is 1. The normalized spacial score (nSPS) is 10.2. The van der Waals surface area contributed by atoms with Gasteiger partial charge in [0, 0.05) is 5.56 Å². The fourth-order valence-electron chi connectivity index (χ4n) is 1.89. The fraction of sp³-hybridized carbons (Fsp3) is 0.188. The molecule has 0 saturated carbocycles. The zero-order chi connectivity index (χ0) is 15.4. The Morgan fingerprint density at radius 1 is 1.29 bits per heavy atom. The predicted octanol–water partition coefficient (Wildman–Crippen LogP) is 2.93. The van der Waals surface area contributed by atoms with E-state index in [1.807, 2.05) is 26.0 Å². The molecule has 21 heavy (non-hydrogen) atoms. The van der Waals surface area contributed by atoms with Gasteiger partial charge in [0.2, 0.25) is 0 Å². The van der Waals surface area contributed by atoms with Gasteiger partial charge in [-0.25, -0.2) is 0 Å². The fourth-order valence-corrected chi connectivity index (χ4v) is 1.89. The highest BCUT2D eigenvalue weighted by molar-refractivity contribution is 6.05. The van der Waals surface area contributed by atoms with Crippen molar-refractivity contribution in [2.24, 2.45) is 0 Å². The zero-order valence-corrected chi connectivity index (χ0v) is 12.0. The average molecular weight is 286 g/mol. The van der Waals surface area contributed by atoms with Crippen molar-refractivity contribution in [1.29, 1.82) is 0 Å². The Kier molecular flexibility index (Phi) is 4.33. The molecule has 0 spiro atoms. The van der Waals surface area contributed by atoms with Crippen molar-refractivity contribution in [2.45, 2.75) is 13.8 Å². The van der Waals surface area contributed by atoms with E-state index in [0.29, 0.717) is 23.6 Å². The molecule has 2 aromatic rings. The van der Waals surface area contributed by atoms with Crippen molar-refractivity contribution in [2.75, 3.05) is 17.7 Å². The van der Waals surface area contributed by atoms with Crippen LogP contribution in [0.2, 0.25) is 0 Å². The van der Waals surface area contributed by atoms with Gasteiger partial charge in [-0.2, -0.15) is 0 Å². The number of benzene rings is 2. The summed E-state index contributed by atoms with van der Waals surface area (Å²) in [5.41, 5.74) is 7.71. The molecular weight excluding hydrogens is 268 g/mol. The number of anilines is 2. The molecule has 4 N–H and O–H groups in total. The van der Waals surface area contributed by atoms with E-state index in [2.05, 4.69) is 5.32 Å². The molecule has 2 rings (SSSR count). The highest BCUT2D eigenvalue weighted by Gasteiger charge is 2.11. The second kappa shape index (κ2) is 6.17. The third-order valence-corrected chi connectivity index (χ3v) is 2.98. The Morgan fingerprint density at radius 3 is 2.71 bits per heavy atom. The van der Waals surface area contributed by atoms with Crippen LogP contribution in [0.5, 0.6) is 11.5 Å². The number of rotatable bonds is 4. The van der Waals surface area contributed by atoms with Crippen LogP contribution < -0.4 is 15.8 Å². The molecule has 2 aromatic carbocycles. The summed E-state index contributed by atoms with van der Waals surface area (Å²) >= 11 is 0. The van der Waals surface area contributed by atoms with Gasteiger partial charge in [-0.3, -0.25) is 4.79 Å². The van der Waals surface area contributed by atoms with Crippen molar-refractivity contribution in [3.05, 3.63) is 47.5 Å². The van der Waals surface area contributed by atoms with Crippen LogP contribution in [0.25, 0.3) is 0 Å². The van der Waals surface area contributed by atoms with Gasteiger partial charge < -0.3 is 20.9 Å². The molecular formula is C16H18N2O3. The first-order chi connectivity index (χ1) is 10.0. The van der Waals surface area contributed by atoms with Gasteiger partial charge in [-0.15, -0.1) is 0 Å². The minimum Gasteiger partial charge on any atom is -0.506 e. The number of phenols is 1. The predicted molar refractivity (Wildman–Crippen MR) is 82.8 cm³/mol. The number of nitrogen functional groups attached to an aromatic ring is 1. The molecule has 0 heterocycles. The average Bonchev–Trinajstić information content (AvgIpc) is 2.45. The molecule has 110 valence electrons. The Morgan fingerprint density at radius 2 is 2.05 bits per heavy atom. The summed E-state index contributed by atoms with van der Waals surface area (Å²) in [6.07, 6.45) is 0. The van der Waals surface area contributed by atoms with E-state index in [0.717, 1.165) is 5.56 Å². The maximum atomic E-state index is 12.2. The Labute approximate surface area is 123 Å². The number of hydrogen-bond acceptors (Lipinski definition) is 4. The number of aryl methyl sites for hydroxylation is 1. The van der Waals surface area contributed by atoms with Crippen LogP contribution in [0.1, 0.15) is 22.8 Å². The van der Waals surface area contributed by atoms with Crippen LogP contribution in [0, 0.1) is 6.92 Å². The van der Waals surface area contributed by atoms with E-state index in [9.17, 15) is 9.90 Å². The first-order valence-electron chi connectivity index (χ1n) is 6.64. The van der Waals surface area contributed by atoms with Crippen molar-refractivity contribution < 1.29 is 14.6 Å². The Balaban J connectivity index is 2.24. The van der Waals surface area contributed by atoms with Gasteiger partial charge in [-0.1, -0.05) is 6.07 Å². The van der Waals surface area contributed by atoms with E-state index < -0.39 is 0 Å². The van der Waals surface area contributed by atoms with Gasteiger partial charge in [-0.05, 0) is 49.7 Å². The van der Waals surface area contributed by atoms with E-state index in [-0.39, 0.29) is 17.3 Å². The Bertz CT molecular complexity index is 669. The highest BCUT2D eigenvalue weighted by atomic mass is 16.5. The third-order valence-electron chi connectivity index (χ3n) is 2.98. The minimum absolute atomic E-state index is 0.114. The molecule has 0 bridgehead atoms. The van der Waals surface area contributed by atoms with Gasteiger partial charge >= 0.3 is 0 Å². The smallest absolute Gasteiger partial charge is 0.255 e. The lowest BCUT2D eigenvalue weighted by atomic mass is 10.1. The van der Waals surface area contributed by atoms with Gasteiger partial charge in [0.1, 0.15) is 11.5 Å². The highest BCUT2D eigenvalue weighted by Crippen LogP contribution is 2.27. The number of carbonyl (C=O) groups excluding carboxylic acids is 1. The number of ether oxygens (including phenoxy) is 1. The molecule has 0 radical (unpaired) electrons. The second-order valence-corrected chi connectivity index (χ2v) is 4.66. The van der Waals surface area contributed by atoms with Gasteiger partial charge in [0.25, 0.3) is 5.91 Å². The maximum absolute atomic E-state index is 12.2. The number of nitrogens with one attached hydrogen (secondary N) is 1. The molecule has 0 unspecified atom stereocenters. The van der Waals surface area contributed by atoms with E-state index in [1.54, 1.807) is 12.1 Å². The summed E-state index contributed by atoms with van der Waals surface area (Å²) in [6, 6.07) is 9.91. The summed E-state index contributed by atoms with van der Waals surface area (Å²) < 4.78 is 5.51. The van der Waals surface area contributed by atoms with Crippen LogP contribution in [0.3, 0.4) is 0 Å². The quantitative estimate of drug-likeness (QED) is 0.596. The lowest BCUT2D eigenvalue weighted by molar-refractivity contribution is 0.102. The van der Waals surface area contributed by atoms with Crippen LogP contribution in [-0.4, -0.2) is 17.6 Å². The molecule has 0 aliphatic heterocycles. The summed E-state index contributed by atoms with van der Waals surface area (Å²) in [6.45, 7) is 4.34. The molecule has 1 amide bonds. The molecule has 0 fully saturated rings. The lowest BCUT2D eigenvalue weighted by Crippen LogP contribution is -2.13. The largest absolute Gasteiger partial charge is 0.506 e. The molecule has 0 atom stereocenters. The molecule has 5 heteroatoms. The minimum atomic E-state index is -0.338. The molecule has 5 nitrogen and oxygen atoms in total. The molecule has 0 aromatic heterocycles. The number of hydrogen-bond donors (Lipinski definition) is 3. The van der Waals surface area contributed by atoms with Crippen LogP contribution in [0.4, 0.5) is 11.4 Å². The van der Waals surface area contributed by atoms with Crippen molar-refractivity contribution in [3.8, 4) is 11.5 Å².